The molecule has 2 aliphatic rings. The quantitative estimate of drug-likeness (QED) is 0.541. The minimum Gasteiger partial charge on any atom is -0.380 e. The predicted molar refractivity (Wildman–Crippen MR) is 40.8 cm³/mol. The van der Waals surface area contributed by atoms with Gasteiger partial charge in [-0.2, -0.15) is 0 Å². The second kappa shape index (κ2) is 1.97. The van der Waals surface area contributed by atoms with Crippen LogP contribution in [0.1, 0.15) is 26.7 Å². The van der Waals surface area contributed by atoms with Crippen molar-refractivity contribution in [3.05, 3.63) is 0 Å². The van der Waals surface area contributed by atoms with Crippen LogP contribution in [0.25, 0.3) is 0 Å². The molecule has 1 saturated carbocycles. The van der Waals surface area contributed by atoms with Gasteiger partial charge in [0.05, 0.1) is 13.2 Å². The van der Waals surface area contributed by atoms with E-state index in [2.05, 4.69) is 13.8 Å². The van der Waals surface area contributed by atoms with Crippen molar-refractivity contribution in [1.29, 1.82) is 0 Å². The molecular weight excluding hydrogens is 124 g/mol. The minimum absolute atomic E-state index is 0.676. The Bertz CT molecular complexity index is 128. The second-order valence-electron chi connectivity index (χ2n) is 4.41. The largest absolute Gasteiger partial charge is 0.380 e. The minimum atomic E-state index is 0.676. The number of hydrogen-bond acceptors (Lipinski definition) is 1. The van der Waals surface area contributed by atoms with Crippen molar-refractivity contribution in [2.45, 2.75) is 26.7 Å². The third kappa shape index (κ3) is 0.800. The van der Waals surface area contributed by atoms with E-state index in [0.29, 0.717) is 5.41 Å². The molecule has 0 aromatic carbocycles. The van der Waals surface area contributed by atoms with Crippen LogP contribution >= 0.6 is 0 Å². The van der Waals surface area contributed by atoms with Gasteiger partial charge in [-0.15, -0.1) is 0 Å². The fraction of sp³-hybridized carbons (Fsp3) is 1.00. The van der Waals surface area contributed by atoms with E-state index in [-0.39, 0.29) is 0 Å². The molecule has 0 amide bonds. The van der Waals surface area contributed by atoms with Gasteiger partial charge in [0.1, 0.15) is 0 Å². The van der Waals surface area contributed by atoms with E-state index in [1.807, 2.05) is 0 Å². The molecule has 0 unspecified atom stereocenters. The maximum absolute atomic E-state index is 5.21. The summed E-state index contributed by atoms with van der Waals surface area (Å²) in [6.07, 6.45) is 2.87. The van der Waals surface area contributed by atoms with Gasteiger partial charge in [0.25, 0.3) is 0 Å². The topological polar surface area (TPSA) is 9.23 Å². The normalized spacial score (nSPS) is 30.3. The zero-order chi connectivity index (χ0) is 7.19. The lowest BCUT2D eigenvalue weighted by molar-refractivity contribution is -0.185. The highest BCUT2D eigenvalue weighted by Crippen LogP contribution is 2.53. The Morgan fingerprint density at radius 1 is 1.30 bits per heavy atom. The molecule has 0 N–H and O–H groups in total. The van der Waals surface area contributed by atoms with Crippen molar-refractivity contribution in [2.75, 3.05) is 13.2 Å². The molecule has 2 rings (SSSR count). The first-order chi connectivity index (χ1) is 4.72. The lowest BCUT2D eigenvalue weighted by Crippen LogP contribution is -2.53. The van der Waals surface area contributed by atoms with Crippen LogP contribution in [-0.2, 0) is 4.74 Å². The highest BCUT2D eigenvalue weighted by molar-refractivity contribution is 4.98. The van der Waals surface area contributed by atoms with Gasteiger partial charge in [-0.25, -0.2) is 0 Å². The van der Waals surface area contributed by atoms with Gasteiger partial charge in [-0.3, -0.25) is 0 Å². The summed E-state index contributed by atoms with van der Waals surface area (Å²) in [5.74, 6) is 1.90. The number of ether oxygens (including phenoxy) is 1. The molecule has 0 aromatic rings. The van der Waals surface area contributed by atoms with Gasteiger partial charge in [0, 0.05) is 5.41 Å². The highest BCUT2D eigenvalue weighted by atomic mass is 16.5. The molecule has 1 saturated heterocycles. The molecule has 58 valence electrons. The summed E-state index contributed by atoms with van der Waals surface area (Å²) in [4.78, 5) is 0. The first kappa shape index (κ1) is 6.66. The van der Waals surface area contributed by atoms with Crippen LogP contribution in [0.15, 0.2) is 0 Å². The van der Waals surface area contributed by atoms with Crippen molar-refractivity contribution < 1.29 is 4.74 Å². The van der Waals surface area contributed by atoms with Crippen molar-refractivity contribution in [3.63, 3.8) is 0 Å². The molecule has 2 fully saturated rings. The van der Waals surface area contributed by atoms with Crippen molar-refractivity contribution in [2.24, 2.45) is 17.3 Å². The molecule has 0 radical (unpaired) electrons. The average molecular weight is 140 g/mol. The van der Waals surface area contributed by atoms with Crippen LogP contribution < -0.4 is 0 Å². The Labute approximate surface area is 62.8 Å². The fourth-order valence-corrected chi connectivity index (χ4v) is 2.15. The van der Waals surface area contributed by atoms with Crippen LogP contribution in [-0.4, -0.2) is 13.2 Å². The first-order valence-corrected chi connectivity index (χ1v) is 4.30. The van der Waals surface area contributed by atoms with E-state index in [1.54, 1.807) is 0 Å². The Morgan fingerprint density at radius 2 is 1.90 bits per heavy atom. The summed E-state index contributed by atoms with van der Waals surface area (Å²) in [5.41, 5.74) is 0.676. The van der Waals surface area contributed by atoms with Gasteiger partial charge in [-0.05, 0) is 24.7 Å². The fourth-order valence-electron chi connectivity index (χ4n) is 2.15. The first-order valence-electron chi connectivity index (χ1n) is 4.30. The Hall–Kier alpha value is -0.0400. The third-order valence-corrected chi connectivity index (χ3v) is 3.15. The van der Waals surface area contributed by atoms with Gasteiger partial charge in [0.15, 0.2) is 0 Å². The number of rotatable bonds is 1. The summed E-state index contributed by atoms with van der Waals surface area (Å²) < 4.78 is 5.21. The standard InChI is InChI=1S/C9H16O/c1-7(2)8-3-9(4-8)5-10-6-9/h7-8H,3-6H2,1-2H3. The molecule has 0 bridgehead atoms. The summed E-state index contributed by atoms with van der Waals surface area (Å²) in [6, 6.07) is 0. The lowest BCUT2D eigenvalue weighted by atomic mass is 9.58. The van der Waals surface area contributed by atoms with Crippen molar-refractivity contribution >= 4 is 0 Å². The zero-order valence-electron chi connectivity index (χ0n) is 6.89. The van der Waals surface area contributed by atoms with Crippen LogP contribution in [0.3, 0.4) is 0 Å². The van der Waals surface area contributed by atoms with Gasteiger partial charge in [-0.1, -0.05) is 13.8 Å². The maximum atomic E-state index is 5.21. The van der Waals surface area contributed by atoms with E-state index in [0.717, 1.165) is 25.0 Å². The zero-order valence-corrected chi connectivity index (χ0v) is 6.89. The highest BCUT2D eigenvalue weighted by Gasteiger charge is 2.50. The van der Waals surface area contributed by atoms with Crippen LogP contribution in [0.2, 0.25) is 0 Å². The number of hydrogen-bond donors (Lipinski definition) is 0. The van der Waals surface area contributed by atoms with Crippen molar-refractivity contribution in [3.8, 4) is 0 Å². The van der Waals surface area contributed by atoms with E-state index in [4.69, 9.17) is 4.74 Å². The van der Waals surface area contributed by atoms with Crippen molar-refractivity contribution in [1.82, 2.24) is 0 Å². The summed E-state index contributed by atoms with van der Waals surface area (Å²) in [7, 11) is 0. The van der Waals surface area contributed by atoms with E-state index < -0.39 is 0 Å². The Balaban J connectivity index is 1.82. The maximum Gasteiger partial charge on any atom is 0.0545 e. The Kier molecular flexibility index (Phi) is 1.31. The monoisotopic (exact) mass is 140 g/mol. The van der Waals surface area contributed by atoms with E-state index >= 15 is 0 Å². The van der Waals surface area contributed by atoms with Crippen LogP contribution in [0.5, 0.6) is 0 Å². The molecule has 1 aliphatic carbocycles. The molecule has 0 aromatic heterocycles. The summed E-state index contributed by atoms with van der Waals surface area (Å²) in [6.45, 7) is 6.76. The summed E-state index contributed by atoms with van der Waals surface area (Å²) >= 11 is 0. The SMILES string of the molecule is CC(C)C1CC2(COC2)C1. The van der Waals surface area contributed by atoms with Gasteiger partial charge in [0.2, 0.25) is 0 Å². The molecule has 1 heteroatoms. The molecule has 1 spiro atoms. The van der Waals surface area contributed by atoms with E-state index in [9.17, 15) is 0 Å². The predicted octanol–water partition coefficient (Wildman–Crippen LogP) is 2.07. The summed E-state index contributed by atoms with van der Waals surface area (Å²) in [5, 5.41) is 0. The molecule has 1 heterocycles. The van der Waals surface area contributed by atoms with Crippen LogP contribution in [0, 0.1) is 17.3 Å². The molecule has 10 heavy (non-hydrogen) atoms. The third-order valence-electron chi connectivity index (χ3n) is 3.15. The molecular formula is C9H16O. The van der Waals surface area contributed by atoms with Gasteiger partial charge >= 0.3 is 0 Å². The smallest absolute Gasteiger partial charge is 0.0545 e. The lowest BCUT2D eigenvalue weighted by Gasteiger charge is -2.54. The molecule has 1 aliphatic heterocycles. The second-order valence-corrected chi connectivity index (χ2v) is 4.41. The van der Waals surface area contributed by atoms with Crippen LogP contribution in [0.4, 0.5) is 0 Å². The average Bonchev–Trinajstić information content (AvgIpc) is 1.54. The Morgan fingerprint density at radius 3 is 2.20 bits per heavy atom. The molecule has 1 nitrogen and oxygen atoms in total. The molecule has 0 atom stereocenters. The van der Waals surface area contributed by atoms with Gasteiger partial charge < -0.3 is 4.74 Å². The van der Waals surface area contributed by atoms with E-state index in [1.165, 1.54) is 12.8 Å².